The van der Waals surface area contributed by atoms with Gasteiger partial charge in [0.05, 0.1) is 0 Å². The molecule has 0 unspecified atom stereocenters. The van der Waals surface area contributed by atoms with Gasteiger partial charge in [-0.1, -0.05) is 0 Å². The van der Waals surface area contributed by atoms with E-state index in [2.05, 4.69) is 0 Å². The number of benzene rings is 1. The molecule has 0 aliphatic carbocycles. The van der Waals surface area contributed by atoms with Crippen molar-refractivity contribution in [2.75, 3.05) is 5.73 Å². The summed E-state index contributed by atoms with van der Waals surface area (Å²) in [6.45, 7) is 0. The summed E-state index contributed by atoms with van der Waals surface area (Å²) in [5.41, 5.74) is 6.16. The van der Waals surface area contributed by atoms with Gasteiger partial charge in [0, 0.05) is 15.9 Å². The van der Waals surface area contributed by atoms with Gasteiger partial charge >= 0.3 is 0 Å². The minimum atomic E-state index is 0.357. The van der Waals surface area contributed by atoms with Gasteiger partial charge in [0.1, 0.15) is 5.75 Å². The molecule has 9 heavy (non-hydrogen) atoms. The van der Waals surface area contributed by atoms with E-state index in [0.717, 1.165) is 21.1 Å². The van der Waals surface area contributed by atoms with Crippen molar-refractivity contribution in [3.8, 4) is 5.75 Å². The number of anilines is 1. The second kappa shape index (κ2) is 2.11. The lowest BCUT2D eigenvalue weighted by Crippen LogP contribution is -2.03. The third-order valence-corrected chi connectivity index (χ3v) is 2.02. The molecule has 3 heteroatoms. The van der Waals surface area contributed by atoms with Gasteiger partial charge < -0.3 is 10.8 Å². The second-order valence-corrected chi connectivity index (χ2v) is 3.12. The van der Waals surface area contributed by atoms with Crippen LogP contribution in [0.5, 0.6) is 5.75 Å². The molecule has 0 fully saturated rings. The summed E-state index contributed by atoms with van der Waals surface area (Å²) < 4.78 is 0. The fourth-order valence-corrected chi connectivity index (χ4v) is 1.18. The standard InChI is InChI=1S/C6H9NOSi/c7-4-1-2-5(8)6(9)3-4/h1-3,8H,7H2,9H3. The zero-order valence-electron chi connectivity index (χ0n) is 5.26. The van der Waals surface area contributed by atoms with E-state index in [9.17, 15) is 0 Å². The maximum atomic E-state index is 9.02. The van der Waals surface area contributed by atoms with E-state index in [1.165, 1.54) is 0 Å². The predicted molar refractivity (Wildman–Crippen MR) is 42.1 cm³/mol. The quantitative estimate of drug-likeness (QED) is 0.274. The Morgan fingerprint density at radius 3 is 2.56 bits per heavy atom. The van der Waals surface area contributed by atoms with Gasteiger partial charge in [0.15, 0.2) is 0 Å². The number of hydrogen-bond acceptors (Lipinski definition) is 2. The van der Waals surface area contributed by atoms with Crippen molar-refractivity contribution in [1.29, 1.82) is 0 Å². The van der Waals surface area contributed by atoms with E-state index < -0.39 is 0 Å². The van der Waals surface area contributed by atoms with Crippen LogP contribution in [-0.4, -0.2) is 15.3 Å². The van der Waals surface area contributed by atoms with Gasteiger partial charge in [-0.3, -0.25) is 0 Å². The Hall–Kier alpha value is -0.963. The van der Waals surface area contributed by atoms with Gasteiger partial charge in [-0.15, -0.1) is 0 Å². The molecule has 48 valence electrons. The SMILES string of the molecule is Nc1ccc(O)c([SiH3])c1. The van der Waals surface area contributed by atoms with Gasteiger partial charge in [0.25, 0.3) is 0 Å². The smallest absolute Gasteiger partial charge is 0.113 e. The minimum absolute atomic E-state index is 0.357. The molecule has 0 radical (unpaired) electrons. The van der Waals surface area contributed by atoms with Crippen molar-refractivity contribution in [3.05, 3.63) is 18.2 Å². The Morgan fingerprint density at radius 2 is 2.11 bits per heavy atom. The van der Waals surface area contributed by atoms with Crippen LogP contribution in [0.15, 0.2) is 18.2 Å². The summed E-state index contributed by atoms with van der Waals surface area (Å²) in [5.74, 6) is 0.357. The van der Waals surface area contributed by atoms with Crippen LogP contribution >= 0.6 is 0 Å². The Labute approximate surface area is 56.7 Å². The molecule has 0 aliphatic heterocycles. The third-order valence-electron chi connectivity index (χ3n) is 1.22. The highest BCUT2D eigenvalue weighted by Gasteiger charge is 1.92. The first kappa shape index (κ1) is 6.16. The number of rotatable bonds is 0. The Bertz CT molecular complexity index is 224. The Morgan fingerprint density at radius 1 is 1.44 bits per heavy atom. The molecule has 0 saturated carbocycles. The fourth-order valence-electron chi connectivity index (χ4n) is 0.679. The summed E-state index contributed by atoms with van der Waals surface area (Å²) in [6, 6.07) is 5.11. The van der Waals surface area contributed by atoms with Crippen LogP contribution in [0.25, 0.3) is 0 Å². The van der Waals surface area contributed by atoms with Crippen molar-refractivity contribution < 1.29 is 5.11 Å². The summed E-state index contributed by atoms with van der Waals surface area (Å²) in [7, 11) is 0.845. The van der Waals surface area contributed by atoms with Gasteiger partial charge in [-0.25, -0.2) is 0 Å². The predicted octanol–water partition coefficient (Wildman–Crippen LogP) is -1.03. The summed E-state index contributed by atoms with van der Waals surface area (Å²) in [6.07, 6.45) is 0. The van der Waals surface area contributed by atoms with Gasteiger partial charge in [-0.2, -0.15) is 0 Å². The van der Waals surface area contributed by atoms with Crippen LogP contribution in [0.2, 0.25) is 0 Å². The van der Waals surface area contributed by atoms with Crippen molar-refractivity contribution in [3.63, 3.8) is 0 Å². The van der Waals surface area contributed by atoms with Crippen LogP contribution < -0.4 is 10.9 Å². The number of nitrogens with two attached hydrogens (primary N) is 1. The molecule has 0 saturated heterocycles. The fraction of sp³-hybridized carbons (Fsp3) is 0. The summed E-state index contributed by atoms with van der Waals surface area (Å²) >= 11 is 0. The molecule has 0 heterocycles. The number of phenolic OH excluding ortho intramolecular Hbond substituents is 1. The molecule has 1 rings (SSSR count). The zero-order chi connectivity index (χ0) is 6.85. The number of aromatic hydroxyl groups is 1. The lowest BCUT2D eigenvalue weighted by Gasteiger charge is -1.97. The highest BCUT2D eigenvalue weighted by Crippen LogP contribution is 2.06. The molecule has 0 aliphatic rings. The number of hydrogen-bond donors (Lipinski definition) is 2. The van der Waals surface area contributed by atoms with Gasteiger partial charge in [0.2, 0.25) is 0 Å². The highest BCUT2D eigenvalue weighted by atomic mass is 28.1. The highest BCUT2D eigenvalue weighted by molar-refractivity contribution is 6.34. The van der Waals surface area contributed by atoms with Crippen LogP contribution in [0.1, 0.15) is 0 Å². The first-order valence-electron chi connectivity index (χ1n) is 2.75. The number of phenols is 1. The normalized spacial score (nSPS) is 9.78. The molecular weight excluding hydrogens is 130 g/mol. The molecule has 0 spiro atoms. The first-order valence-corrected chi connectivity index (χ1v) is 3.75. The van der Waals surface area contributed by atoms with E-state index in [4.69, 9.17) is 10.8 Å². The average Bonchev–Trinajstić information content (AvgIpc) is 1.80. The number of nitrogen functional groups attached to an aromatic ring is 1. The molecule has 0 amide bonds. The Balaban J connectivity index is 3.17. The van der Waals surface area contributed by atoms with Crippen LogP contribution in [0, 0.1) is 0 Å². The maximum Gasteiger partial charge on any atom is 0.113 e. The van der Waals surface area contributed by atoms with Crippen molar-refractivity contribution in [2.24, 2.45) is 0 Å². The molecule has 0 atom stereocenters. The van der Waals surface area contributed by atoms with Crippen LogP contribution in [0.3, 0.4) is 0 Å². The van der Waals surface area contributed by atoms with E-state index in [0.29, 0.717) is 5.75 Å². The average molecular weight is 139 g/mol. The first-order chi connectivity index (χ1) is 4.20. The third kappa shape index (κ3) is 1.23. The molecular formula is C6H9NOSi. The molecule has 1 aromatic rings. The molecule has 3 N–H and O–H groups in total. The molecule has 0 bridgehead atoms. The molecule has 2 nitrogen and oxygen atoms in total. The van der Waals surface area contributed by atoms with Crippen LogP contribution in [-0.2, 0) is 0 Å². The summed E-state index contributed by atoms with van der Waals surface area (Å²) in [4.78, 5) is 0. The largest absolute Gasteiger partial charge is 0.508 e. The Kier molecular flexibility index (Phi) is 1.44. The lowest BCUT2D eigenvalue weighted by molar-refractivity contribution is 0.480. The monoisotopic (exact) mass is 139 g/mol. The van der Waals surface area contributed by atoms with Crippen molar-refractivity contribution >= 4 is 21.1 Å². The van der Waals surface area contributed by atoms with Crippen LogP contribution in [0.4, 0.5) is 5.69 Å². The van der Waals surface area contributed by atoms with E-state index in [1.54, 1.807) is 18.2 Å². The topological polar surface area (TPSA) is 46.2 Å². The van der Waals surface area contributed by atoms with Gasteiger partial charge in [-0.05, 0) is 23.4 Å². The second-order valence-electron chi connectivity index (χ2n) is 2.05. The zero-order valence-corrected chi connectivity index (χ0v) is 7.26. The van der Waals surface area contributed by atoms with Crippen molar-refractivity contribution in [2.45, 2.75) is 0 Å². The lowest BCUT2D eigenvalue weighted by atomic mass is 10.3. The van der Waals surface area contributed by atoms with Crippen molar-refractivity contribution in [1.82, 2.24) is 0 Å². The van der Waals surface area contributed by atoms with E-state index in [1.807, 2.05) is 0 Å². The maximum absolute atomic E-state index is 9.02. The minimum Gasteiger partial charge on any atom is -0.508 e. The molecule has 0 aromatic heterocycles. The molecule has 1 aromatic carbocycles. The van der Waals surface area contributed by atoms with E-state index in [-0.39, 0.29) is 0 Å². The van der Waals surface area contributed by atoms with E-state index >= 15 is 0 Å². The summed E-state index contributed by atoms with van der Waals surface area (Å²) in [5, 5.41) is 9.98.